The van der Waals surface area contributed by atoms with Crippen LogP contribution in [0.5, 0.6) is 0 Å². The van der Waals surface area contributed by atoms with E-state index in [0.717, 1.165) is 5.56 Å². The standard InChI is InChI=1S/C16H18FN5O3S/c1-10-16(11(2)25-22-10)26(23,24)18-7-6-14-19-15(21-20-14)9-12-4-3-5-13(17)8-12/h3-5,8,18H,6-7,9H2,1-2H3,(H,19,20,21). The minimum absolute atomic E-state index is 0.0549. The Labute approximate surface area is 149 Å². The summed E-state index contributed by atoms with van der Waals surface area (Å²) in [7, 11) is -3.71. The van der Waals surface area contributed by atoms with Crippen LogP contribution in [-0.2, 0) is 22.9 Å². The molecule has 138 valence electrons. The van der Waals surface area contributed by atoms with Gasteiger partial charge in [-0.3, -0.25) is 5.10 Å². The van der Waals surface area contributed by atoms with Crippen LogP contribution < -0.4 is 4.72 Å². The summed E-state index contributed by atoms with van der Waals surface area (Å²) in [4.78, 5) is 4.35. The van der Waals surface area contributed by atoms with Crippen LogP contribution in [0.4, 0.5) is 4.39 Å². The van der Waals surface area contributed by atoms with Crippen LogP contribution in [0.3, 0.4) is 0 Å². The predicted octanol–water partition coefficient (Wildman–Crippen LogP) is 1.66. The van der Waals surface area contributed by atoms with Crippen molar-refractivity contribution >= 4 is 10.0 Å². The molecule has 2 aromatic heterocycles. The van der Waals surface area contributed by atoms with Crippen molar-refractivity contribution < 1.29 is 17.3 Å². The van der Waals surface area contributed by atoms with Crippen LogP contribution in [-0.4, -0.2) is 35.3 Å². The summed E-state index contributed by atoms with van der Waals surface area (Å²) < 4.78 is 45.2. The van der Waals surface area contributed by atoms with Gasteiger partial charge in [0.1, 0.15) is 22.2 Å². The average molecular weight is 379 g/mol. The van der Waals surface area contributed by atoms with Gasteiger partial charge in [0.15, 0.2) is 11.6 Å². The number of hydrogen-bond donors (Lipinski definition) is 2. The largest absolute Gasteiger partial charge is 0.360 e. The second-order valence-corrected chi connectivity index (χ2v) is 7.51. The average Bonchev–Trinajstić information content (AvgIpc) is 3.14. The Kier molecular flexibility index (Phi) is 5.14. The highest BCUT2D eigenvalue weighted by Crippen LogP contribution is 2.18. The molecule has 3 aromatic rings. The zero-order chi connectivity index (χ0) is 18.7. The Bertz CT molecular complexity index is 993. The Balaban J connectivity index is 1.58. The molecular weight excluding hydrogens is 361 g/mol. The fraction of sp³-hybridized carbons (Fsp3) is 0.312. The fourth-order valence-corrected chi connectivity index (χ4v) is 3.95. The summed E-state index contributed by atoms with van der Waals surface area (Å²) in [5.74, 6) is 0.985. The zero-order valence-corrected chi connectivity index (χ0v) is 15.1. The quantitative estimate of drug-likeness (QED) is 0.645. The van der Waals surface area contributed by atoms with E-state index in [1.165, 1.54) is 12.1 Å². The number of benzene rings is 1. The number of aryl methyl sites for hydroxylation is 2. The van der Waals surface area contributed by atoms with Crippen molar-refractivity contribution in [3.8, 4) is 0 Å². The van der Waals surface area contributed by atoms with Gasteiger partial charge in [0.05, 0.1) is 0 Å². The molecule has 0 aliphatic rings. The number of halogens is 1. The highest BCUT2D eigenvalue weighted by Gasteiger charge is 2.23. The third-order valence-electron chi connectivity index (χ3n) is 3.72. The molecule has 0 saturated heterocycles. The first-order valence-electron chi connectivity index (χ1n) is 7.92. The summed E-state index contributed by atoms with van der Waals surface area (Å²) in [5.41, 5.74) is 1.08. The van der Waals surface area contributed by atoms with E-state index in [9.17, 15) is 12.8 Å². The molecule has 0 aliphatic carbocycles. The molecule has 10 heteroatoms. The lowest BCUT2D eigenvalue weighted by Crippen LogP contribution is -2.27. The summed E-state index contributed by atoms with van der Waals surface area (Å²) in [5, 5.41) is 10.5. The number of nitrogens with one attached hydrogen (secondary N) is 2. The number of hydrogen-bond acceptors (Lipinski definition) is 6. The molecule has 0 bridgehead atoms. The third kappa shape index (κ3) is 4.14. The summed E-state index contributed by atoms with van der Waals surface area (Å²) in [6.07, 6.45) is 0.720. The van der Waals surface area contributed by atoms with Crippen LogP contribution in [0.25, 0.3) is 0 Å². The zero-order valence-electron chi connectivity index (χ0n) is 14.3. The fourth-order valence-electron chi connectivity index (χ4n) is 2.59. The molecule has 0 atom stereocenters. The Morgan fingerprint density at radius 2 is 2.12 bits per heavy atom. The van der Waals surface area contributed by atoms with E-state index in [2.05, 4.69) is 25.1 Å². The first kappa shape index (κ1) is 18.2. The van der Waals surface area contributed by atoms with E-state index in [1.54, 1.807) is 26.0 Å². The SMILES string of the molecule is Cc1noc(C)c1S(=O)(=O)NCCc1n[nH]c(Cc2cccc(F)c2)n1. The first-order valence-corrected chi connectivity index (χ1v) is 9.40. The van der Waals surface area contributed by atoms with Crippen molar-refractivity contribution in [2.45, 2.75) is 31.6 Å². The molecule has 0 fully saturated rings. The molecule has 1 aromatic carbocycles. The molecule has 0 spiro atoms. The molecule has 0 amide bonds. The van der Waals surface area contributed by atoms with Crippen molar-refractivity contribution in [3.05, 3.63) is 58.7 Å². The number of aromatic nitrogens is 4. The molecule has 26 heavy (non-hydrogen) atoms. The van der Waals surface area contributed by atoms with Crippen LogP contribution in [0.1, 0.15) is 28.7 Å². The van der Waals surface area contributed by atoms with Gasteiger partial charge in [0.2, 0.25) is 10.0 Å². The van der Waals surface area contributed by atoms with Crippen molar-refractivity contribution in [1.82, 2.24) is 25.1 Å². The lowest BCUT2D eigenvalue weighted by molar-refractivity contribution is 0.390. The summed E-state index contributed by atoms with van der Waals surface area (Å²) >= 11 is 0. The summed E-state index contributed by atoms with van der Waals surface area (Å²) in [6.45, 7) is 3.24. The Morgan fingerprint density at radius 3 is 2.81 bits per heavy atom. The van der Waals surface area contributed by atoms with E-state index in [-0.39, 0.29) is 23.0 Å². The van der Waals surface area contributed by atoms with Crippen molar-refractivity contribution in [2.24, 2.45) is 0 Å². The predicted molar refractivity (Wildman–Crippen MR) is 90.5 cm³/mol. The van der Waals surface area contributed by atoms with Gasteiger partial charge in [-0.05, 0) is 31.5 Å². The van der Waals surface area contributed by atoms with Gasteiger partial charge in [-0.2, -0.15) is 5.10 Å². The highest BCUT2D eigenvalue weighted by molar-refractivity contribution is 7.89. The monoisotopic (exact) mass is 379 g/mol. The molecule has 2 N–H and O–H groups in total. The maximum Gasteiger partial charge on any atom is 0.245 e. The van der Waals surface area contributed by atoms with Gasteiger partial charge in [0, 0.05) is 19.4 Å². The molecule has 0 saturated carbocycles. The van der Waals surface area contributed by atoms with Gasteiger partial charge in [-0.25, -0.2) is 22.5 Å². The van der Waals surface area contributed by atoms with E-state index in [4.69, 9.17) is 4.52 Å². The molecule has 3 rings (SSSR count). The molecule has 0 aliphatic heterocycles. The van der Waals surface area contributed by atoms with E-state index < -0.39 is 10.0 Å². The van der Waals surface area contributed by atoms with Gasteiger partial charge in [-0.15, -0.1) is 0 Å². The summed E-state index contributed by atoms with van der Waals surface area (Å²) in [6, 6.07) is 6.23. The van der Waals surface area contributed by atoms with E-state index in [0.29, 0.717) is 30.2 Å². The van der Waals surface area contributed by atoms with Gasteiger partial charge in [0.25, 0.3) is 0 Å². The highest BCUT2D eigenvalue weighted by atomic mass is 32.2. The van der Waals surface area contributed by atoms with Crippen LogP contribution in [0.2, 0.25) is 0 Å². The van der Waals surface area contributed by atoms with Crippen LogP contribution in [0.15, 0.2) is 33.7 Å². The normalized spacial score (nSPS) is 11.8. The number of aromatic amines is 1. The Morgan fingerprint density at radius 1 is 1.31 bits per heavy atom. The third-order valence-corrected chi connectivity index (χ3v) is 5.42. The molecule has 0 radical (unpaired) electrons. The number of sulfonamides is 1. The lowest BCUT2D eigenvalue weighted by Gasteiger charge is -2.04. The Hall–Kier alpha value is -2.59. The minimum Gasteiger partial charge on any atom is -0.360 e. The van der Waals surface area contributed by atoms with Crippen LogP contribution >= 0.6 is 0 Å². The molecule has 8 nitrogen and oxygen atoms in total. The maximum atomic E-state index is 13.2. The second-order valence-electron chi connectivity index (χ2n) is 5.81. The first-order chi connectivity index (χ1) is 12.3. The van der Waals surface area contributed by atoms with E-state index in [1.807, 2.05) is 0 Å². The minimum atomic E-state index is -3.71. The second kappa shape index (κ2) is 7.34. The number of nitrogens with zero attached hydrogens (tertiary/aromatic N) is 3. The smallest absolute Gasteiger partial charge is 0.245 e. The topological polar surface area (TPSA) is 114 Å². The van der Waals surface area contributed by atoms with Gasteiger partial charge >= 0.3 is 0 Å². The maximum absolute atomic E-state index is 13.2. The van der Waals surface area contributed by atoms with Crippen LogP contribution in [0, 0.1) is 19.7 Å². The van der Waals surface area contributed by atoms with Crippen molar-refractivity contribution in [1.29, 1.82) is 0 Å². The lowest BCUT2D eigenvalue weighted by atomic mass is 10.1. The number of H-pyrrole nitrogens is 1. The molecular formula is C16H18FN5O3S. The van der Waals surface area contributed by atoms with Gasteiger partial charge < -0.3 is 4.52 Å². The van der Waals surface area contributed by atoms with Gasteiger partial charge in [-0.1, -0.05) is 17.3 Å². The molecule has 2 heterocycles. The van der Waals surface area contributed by atoms with Crippen molar-refractivity contribution in [3.63, 3.8) is 0 Å². The molecule has 0 unspecified atom stereocenters. The van der Waals surface area contributed by atoms with Crippen molar-refractivity contribution in [2.75, 3.05) is 6.54 Å². The van der Waals surface area contributed by atoms with E-state index >= 15 is 0 Å². The number of rotatable bonds is 7.